The normalized spacial score (nSPS) is 11.1. The average molecular weight is 272 g/mol. The zero-order chi connectivity index (χ0) is 8.48. The van der Waals surface area contributed by atoms with Crippen molar-refractivity contribution in [2.75, 3.05) is 0 Å². The molecule has 0 spiro atoms. The molecule has 0 amide bonds. The van der Waals surface area contributed by atoms with Crippen molar-refractivity contribution in [3.05, 3.63) is 17.0 Å². The maximum absolute atomic E-state index is 8.60. The van der Waals surface area contributed by atoms with Gasteiger partial charge in [0, 0.05) is 0 Å². The molecule has 0 aliphatic heterocycles. The van der Waals surface area contributed by atoms with Gasteiger partial charge in [-0.3, -0.25) is 0 Å². The van der Waals surface area contributed by atoms with E-state index in [1.165, 1.54) is 2.89 Å². The Hall–Kier alpha value is -0.0113. The van der Waals surface area contributed by atoms with E-state index in [9.17, 15) is 0 Å². The first-order valence-corrected chi connectivity index (χ1v) is 14.4. The third-order valence-corrected chi connectivity index (χ3v) is 12.0. The molecule has 1 rings (SSSR count). The van der Waals surface area contributed by atoms with E-state index in [-0.39, 0.29) is 0 Å². The second-order valence-electron chi connectivity index (χ2n) is 3.56. The Morgan fingerprint density at radius 3 is 2.36 bits per heavy atom. The summed E-state index contributed by atoms with van der Waals surface area (Å²) < 4.78 is 1.48. The van der Waals surface area contributed by atoms with Crippen molar-refractivity contribution < 1.29 is 0 Å². The van der Waals surface area contributed by atoms with Crippen LogP contribution >= 0.6 is 11.3 Å². The van der Waals surface area contributed by atoms with Crippen molar-refractivity contribution in [3.8, 4) is 6.07 Å². The van der Waals surface area contributed by atoms with Crippen LogP contribution in [0.25, 0.3) is 0 Å². The van der Waals surface area contributed by atoms with Gasteiger partial charge in [0.1, 0.15) is 0 Å². The number of thiophene rings is 1. The van der Waals surface area contributed by atoms with E-state index in [0.717, 1.165) is 5.56 Å². The fraction of sp³-hybridized carbons (Fsp3) is 0.375. The molecule has 0 N–H and O–H groups in total. The maximum atomic E-state index is 8.60. The van der Waals surface area contributed by atoms with Crippen LogP contribution < -0.4 is 2.89 Å². The van der Waals surface area contributed by atoms with Crippen molar-refractivity contribution in [2.45, 2.75) is 14.8 Å². The Kier molecular flexibility index (Phi) is 2.61. The molecule has 3 heteroatoms. The van der Waals surface area contributed by atoms with Gasteiger partial charge in [0.2, 0.25) is 0 Å². The van der Waals surface area contributed by atoms with Crippen LogP contribution in [-0.2, 0) is 0 Å². The topological polar surface area (TPSA) is 23.8 Å². The molecule has 1 aromatic heterocycles. The van der Waals surface area contributed by atoms with Crippen LogP contribution in [0, 0.1) is 11.3 Å². The standard InChI is InChI=1S/C5H2NS.3CH3.Sn/c6-3-5-1-2-7-4-5;;;;/h1,4H;3*1H3;. The molecule has 0 aliphatic rings. The third-order valence-electron chi connectivity index (χ3n) is 1.47. The molecule has 0 unspecified atom stereocenters. The van der Waals surface area contributed by atoms with E-state index in [1.54, 1.807) is 11.3 Å². The minimum absolute atomic E-state index is 0.830. The van der Waals surface area contributed by atoms with Crippen LogP contribution in [0.15, 0.2) is 11.4 Å². The van der Waals surface area contributed by atoms with Gasteiger partial charge in [0.05, 0.1) is 0 Å². The van der Waals surface area contributed by atoms with Gasteiger partial charge >= 0.3 is 75.8 Å². The van der Waals surface area contributed by atoms with E-state index in [4.69, 9.17) is 5.26 Å². The average Bonchev–Trinajstić information content (AvgIpc) is 2.32. The summed E-state index contributed by atoms with van der Waals surface area (Å²) in [6.07, 6.45) is 0. The molecular weight excluding hydrogens is 261 g/mol. The fourth-order valence-corrected chi connectivity index (χ4v) is 6.92. The summed E-state index contributed by atoms with van der Waals surface area (Å²) in [7, 11) is 0. The summed E-state index contributed by atoms with van der Waals surface area (Å²) in [4.78, 5) is 7.09. The Labute approximate surface area is 75.5 Å². The van der Waals surface area contributed by atoms with Gasteiger partial charge in [-0.1, -0.05) is 0 Å². The molecule has 0 fully saturated rings. The van der Waals surface area contributed by atoms with Crippen LogP contribution in [0.1, 0.15) is 5.56 Å². The van der Waals surface area contributed by atoms with Crippen molar-refractivity contribution in [3.63, 3.8) is 0 Å². The summed E-state index contributed by atoms with van der Waals surface area (Å²) in [5.41, 5.74) is 0.830. The zero-order valence-electron chi connectivity index (χ0n) is 7.01. The fourth-order valence-electron chi connectivity index (χ4n) is 0.788. The first-order chi connectivity index (χ1) is 5.04. The van der Waals surface area contributed by atoms with E-state index in [2.05, 4.69) is 27.0 Å². The molecule has 1 aromatic rings. The van der Waals surface area contributed by atoms with Gasteiger partial charge in [0.15, 0.2) is 0 Å². The molecule has 0 saturated heterocycles. The molecule has 0 aliphatic carbocycles. The Morgan fingerprint density at radius 1 is 1.45 bits per heavy atom. The molecule has 0 saturated carbocycles. The molecule has 1 heterocycles. The third kappa shape index (κ3) is 2.21. The second-order valence-corrected chi connectivity index (χ2v) is 19.9. The van der Waals surface area contributed by atoms with Crippen LogP contribution in [0.5, 0.6) is 0 Å². The predicted octanol–water partition coefficient (Wildman–Crippen LogP) is 2.16. The molecule has 1 nitrogen and oxygen atoms in total. The summed E-state index contributed by atoms with van der Waals surface area (Å²) in [5, 5.41) is 10.6. The number of nitrogens with zero attached hydrogens (tertiary/aromatic N) is 1. The van der Waals surface area contributed by atoms with Crippen molar-refractivity contribution >= 4 is 32.6 Å². The van der Waals surface area contributed by atoms with Crippen LogP contribution in [-0.4, -0.2) is 18.4 Å². The Balaban J connectivity index is 3.01. The summed E-state index contributed by atoms with van der Waals surface area (Å²) in [6, 6.07) is 4.22. The van der Waals surface area contributed by atoms with Gasteiger partial charge < -0.3 is 0 Å². The van der Waals surface area contributed by atoms with E-state index in [0.29, 0.717) is 0 Å². The van der Waals surface area contributed by atoms with Crippen molar-refractivity contribution in [1.29, 1.82) is 5.26 Å². The van der Waals surface area contributed by atoms with Gasteiger partial charge in [-0.05, 0) is 0 Å². The van der Waals surface area contributed by atoms with Crippen LogP contribution in [0.3, 0.4) is 0 Å². The SMILES string of the molecule is [CH3][Sn]([CH3])([CH3])[c]1cc(C#N)cs1. The second kappa shape index (κ2) is 3.16. The summed E-state index contributed by atoms with van der Waals surface area (Å²) in [5.74, 6) is 0. The number of nitriles is 1. The molecular formula is C8H11NSSn. The molecule has 0 aromatic carbocycles. The van der Waals surface area contributed by atoms with E-state index < -0.39 is 18.4 Å². The molecule has 58 valence electrons. The van der Waals surface area contributed by atoms with E-state index in [1.807, 2.05) is 5.38 Å². The van der Waals surface area contributed by atoms with Crippen molar-refractivity contribution in [2.24, 2.45) is 0 Å². The van der Waals surface area contributed by atoms with E-state index >= 15 is 0 Å². The Morgan fingerprint density at radius 2 is 2.09 bits per heavy atom. The van der Waals surface area contributed by atoms with Crippen molar-refractivity contribution in [1.82, 2.24) is 0 Å². The molecule has 0 bridgehead atoms. The first kappa shape index (κ1) is 9.08. The first-order valence-electron chi connectivity index (χ1n) is 3.53. The molecule has 11 heavy (non-hydrogen) atoms. The zero-order valence-corrected chi connectivity index (χ0v) is 10.7. The molecule has 0 atom stereocenters. The summed E-state index contributed by atoms with van der Waals surface area (Å²) >= 11 is -0.0964. The van der Waals surface area contributed by atoms with Gasteiger partial charge in [-0.15, -0.1) is 0 Å². The van der Waals surface area contributed by atoms with Crippen LogP contribution in [0.4, 0.5) is 0 Å². The summed E-state index contributed by atoms with van der Waals surface area (Å²) in [6.45, 7) is 0. The minimum atomic E-state index is -1.85. The monoisotopic (exact) mass is 273 g/mol. The number of rotatable bonds is 1. The van der Waals surface area contributed by atoms with Gasteiger partial charge in [0.25, 0.3) is 0 Å². The van der Waals surface area contributed by atoms with Gasteiger partial charge in [-0.25, -0.2) is 0 Å². The number of hydrogen-bond donors (Lipinski definition) is 0. The quantitative estimate of drug-likeness (QED) is 0.719. The van der Waals surface area contributed by atoms with Gasteiger partial charge in [-0.2, -0.15) is 0 Å². The van der Waals surface area contributed by atoms with Crippen LogP contribution in [0.2, 0.25) is 14.8 Å². The Bertz CT molecular complexity index is 290. The number of hydrogen-bond acceptors (Lipinski definition) is 2. The molecule has 0 radical (unpaired) electrons. The predicted molar refractivity (Wildman–Crippen MR) is 52.0 cm³/mol.